The average molecular weight is 298 g/mol. The Hall–Kier alpha value is -2.36. The van der Waals surface area contributed by atoms with Crippen molar-refractivity contribution in [1.82, 2.24) is 4.90 Å². The second-order valence-corrected chi connectivity index (χ2v) is 5.11. The van der Waals surface area contributed by atoms with Gasteiger partial charge in [-0.1, -0.05) is 42.5 Å². The van der Waals surface area contributed by atoms with E-state index in [0.29, 0.717) is 12.3 Å². The number of benzene rings is 1. The van der Waals surface area contributed by atoms with Crippen molar-refractivity contribution in [3.05, 3.63) is 59.8 Å². The van der Waals surface area contributed by atoms with E-state index in [1.165, 1.54) is 0 Å². The molecule has 0 saturated heterocycles. The van der Waals surface area contributed by atoms with Gasteiger partial charge in [-0.2, -0.15) is 0 Å². The Morgan fingerprint density at radius 1 is 1.23 bits per heavy atom. The molecule has 0 aliphatic heterocycles. The lowest BCUT2D eigenvalue weighted by molar-refractivity contribution is -0.138. The summed E-state index contributed by atoms with van der Waals surface area (Å²) in [6.07, 6.45) is 5.46. The molecule has 1 aromatic rings. The first-order valence-electron chi connectivity index (χ1n) is 7.62. The smallest absolute Gasteiger partial charge is 0.316 e. The number of nitrogens with zero attached hydrogens (tertiary/aromatic N) is 2. The van der Waals surface area contributed by atoms with E-state index in [2.05, 4.69) is 23.7 Å². The monoisotopic (exact) mass is 298 g/mol. The number of carboxylic acids is 1. The highest BCUT2D eigenvalue weighted by molar-refractivity contribution is 6.13. The maximum Gasteiger partial charge on any atom is 0.316 e. The van der Waals surface area contributed by atoms with Crippen LogP contribution in [0.15, 0.2) is 59.2 Å². The standard InChI is InChI=1S/C18H22N2O2/c1-3-20(4-2)16-12-8-11-15(18(21)22)17(16)19-13-14-9-6-5-7-10-14/h5-12,15H,3-4,13H2,1-2H3,(H,21,22). The molecule has 116 valence electrons. The number of aliphatic carboxylic acids is 1. The van der Waals surface area contributed by atoms with Gasteiger partial charge in [0.25, 0.3) is 0 Å². The van der Waals surface area contributed by atoms with Crippen molar-refractivity contribution in [3.63, 3.8) is 0 Å². The highest BCUT2D eigenvalue weighted by Gasteiger charge is 2.28. The Morgan fingerprint density at radius 2 is 1.91 bits per heavy atom. The van der Waals surface area contributed by atoms with Crippen LogP contribution in [0.3, 0.4) is 0 Å². The number of aliphatic imine (C=N–C) groups is 1. The lowest BCUT2D eigenvalue weighted by atomic mass is 9.94. The Bertz CT molecular complexity index is 599. The molecule has 4 nitrogen and oxygen atoms in total. The second kappa shape index (κ2) is 7.59. The first kappa shape index (κ1) is 16.0. The third-order valence-corrected chi connectivity index (χ3v) is 3.76. The predicted molar refractivity (Wildman–Crippen MR) is 88.9 cm³/mol. The van der Waals surface area contributed by atoms with Crippen LogP contribution in [-0.4, -0.2) is 34.8 Å². The van der Waals surface area contributed by atoms with Crippen LogP contribution in [0.2, 0.25) is 0 Å². The molecule has 0 fully saturated rings. The number of hydrogen-bond acceptors (Lipinski definition) is 3. The molecule has 1 aliphatic rings. The van der Waals surface area contributed by atoms with Gasteiger partial charge in [0.15, 0.2) is 0 Å². The van der Waals surface area contributed by atoms with E-state index in [-0.39, 0.29) is 0 Å². The molecule has 2 rings (SSSR count). The molecule has 1 aliphatic carbocycles. The quantitative estimate of drug-likeness (QED) is 0.878. The summed E-state index contributed by atoms with van der Waals surface area (Å²) in [4.78, 5) is 18.3. The van der Waals surface area contributed by atoms with Crippen molar-refractivity contribution in [1.29, 1.82) is 0 Å². The van der Waals surface area contributed by atoms with E-state index in [4.69, 9.17) is 0 Å². The number of carbonyl (C=O) groups is 1. The van der Waals surface area contributed by atoms with Gasteiger partial charge in [-0.25, -0.2) is 0 Å². The minimum atomic E-state index is -0.860. The number of hydrogen-bond donors (Lipinski definition) is 1. The number of carboxylic acid groups (broad SMARTS) is 1. The van der Waals surface area contributed by atoms with E-state index in [1.54, 1.807) is 6.08 Å². The van der Waals surface area contributed by atoms with Crippen LogP contribution in [-0.2, 0) is 11.3 Å². The van der Waals surface area contributed by atoms with Crippen molar-refractivity contribution in [2.24, 2.45) is 10.9 Å². The van der Waals surface area contributed by atoms with Gasteiger partial charge in [0.05, 0.1) is 18.0 Å². The van der Waals surface area contributed by atoms with Crippen LogP contribution in [0.4, 0.5) is 0 Å². The lowest BCUT2D eigenvalue weighted by Crippen LogP contribution is -2.35. The van der Waals surface area contributed by atoms with Gasteiger partial charge < -0.3 is 10.0 Å². The SMILES string of the molecule is CCN(CC)C1=CC=CC(C(=O)O)C1=NCc1ccccc1. The predicted octanol–water partition coefficient (Wildman–Crippen LogP) is 3.12. The van der Waals surface area contributed by atoms with Gasteiger partial charge in [0.1, 0.15) is 5.92 Å². The fraction of sp³-hybridized carbons (Fsp3) is 0.333. The van der Waals surface area contributed by atoms with Gasteiger partial charge in [0, 0.05) is 13.1 Å². The van der Waals surface area contributed by atoms with Gasteiger partial charge >= 0.3 is 5.97 Å². The maximum atomic E-state index is 11.5. The summed E-state index contributed by atoms with van der Waals surface area (Å²) in [6.45, 7) is 6.27. The highest BCUT2D eigenvalue weighted by Crippen LogP contribution is 2.21. The van der Waals surface area contributed by atoms with Gasteiger partial charge in [0.2, 0.25) is 0 Å². The average Bonchev–Trinajstić information content (AvgIpc) is 2.55. The van der Waals surface area contributed by atoms with Crippen LogP contribution < -0.4 is 0 Å². The fourth-order valence-corrected chi connectivity index (χ4v) is 2.56. The molecule has 0 bridgehead atoms. The molecule has 0 amide bonds. The summed E-state index contributed by atoms with van der Waals surface area (Å²) in [6, 6.07) is 9.89. The molecule has 4 heteroatoms. The van der Waals surface area contributed by atoms with E-state index in [0.717, 1.165) is 24.4 Å². The largest absolute Gasteiger partial charge is 0.481 e. The Kier molecular flexibility index (Phi) is 5.53. The van der Waals surface area contributed by atoms with E-state index in [1.807, 2.05) is 42.5 Å². The third kappa shape index (κ3) is 3.64. The van der Waals surface area contributed by atoms with E-state index >= 15 is 0 Å². The normalized spacial score (nSPS) is 19.1. The molecule has 22 heavy (non-hydrogen) atoms. The zero-order chi connectivity index (χ0) is 15.9. The van der Waals surface area contributed by atoms with Crippen molar-refractivity contribution in [3.8, 4) is 0 Å². The molecule has 0 saturated carbocycles. The minimum absolute atomic E-state index is 0.492. The number of rotatable bonds is 6. The summed E-state index contributed by atoms with van der Waals surface area (Å²) in [5.74, 6) is -1.54. The van der Waals surface area contributed by atoms with Gasteiger partial charge in [-0.05, 0) is 25.5 Å². The summed E-state index contributed by atoms with van der Waals surface area (Å²) >= 11 is 0. The molecular weight excluding hydrogens is 276 g/mol. The molecule has 0 aromatic heterocycles. The topological polar surface area (TPSA) is 52.9 Å². The molecule has 0 radical (unpaired) electrons. The van der Waals surface area contributed by atoms with Crippen molar-refractivity contribution in [2.75, 3.05) is 13.1 Å². The van der Waals surface area contributed by atoms with Gasteiger partial charge in [-0.3, -0.25) is 9.79 Å². The van der Waals surface area contributed by atoms with Crippen molar-refractivity contribution >= 4 is 11.7 Å². The lowest BCUT2D eigenvalue weighted by Gasteiger charge is -2.29. The Morgan fingerprint density at radius 3 is 2.50 bits per heavy atom. The minimum Gasteiger partial charge on any atom is -0.481 e. The van der Waals surface area contributed by atoms with Crippen molar-refractivity contribution < 1.29 is 9.90 Å². The molecule has 1 unspecified atom stereocenters. The maximum absolute atomic E-state index is 11.5. The highest BCUT2D eigenvalue weighted by atomic mass is 16.4. The molecule has 1 N–H and O–H groups in total. The zero-order valence-electron chi connectivity index (χ0n) is 13.1. The first-order valence-corrected chi connectivity index (χ1v) is 7.62. The van der Waals surface area contributed by atoms with Crippen LogP contribution in [0.1, 0.15) is 19.4 Å². The van der Waals surface area contributed by atoms with Crippen LogP contribution in [0.25, 0.3) is 0 Å². The Labute approximate surface area is 131 Å². The molecule has 1 atom stereocenters. The summed E-state index contributed by atoms with van der Waals surface area (Å²) in [5, 5.41) is 9.47. The summed E-state index contributed by atoms with van der Waals surface area (Å²) in [7, 11) is 0. The van der Waals surface area contributed by atoms with E-state index in [9.17, 15) is 9.90 Å². The summed E-state index contributed by atoms with van der Waals surface area (Å²) in [5.41, 5.74) is 2.63. The Balaban J connectivity index is 2.33. The number of allylic oxidation sites excluding steroid dienone is 3. The van der Waals surface area contributed by atoms with Gasteiger partial charge in [-0.15, -0.1) is 0 Å². The molecule has 0 heterocycles. The fourth-order valence-electron chi connectivity index (χ4n) is 2.56. The second-order valence-electron chi connectivity index (χ2n) is 5.11. The molecule has 1 aromatic carbocycles. The summed E-state index contributed by atoms with van der Waals surface area (Å²) < 4.78 is 0. The van der Waals surface area contributed by atoms with Crippen LogP contribution in [0, 0.1) is 5.92 Å². The van der Waals surface area contributed by atoms with Crippen molar-refractivity contribution in [2.45, 2.75) is 20.4 Å². The van der Waals surface area contributed by atoms with Crippen LogP contribution in [0.5, 0.6) is 0 Å². The molecular formula is C18H22N2O2. The van der Waals surface area contributed by atoms with Crippen LogP contribution >= 0.6 is 0 Å². The molecule has 0 spiro atoms. The first-order chi connectivity index (χ1) is 10.7. The zero-order valence-corrected chi connectivity index (χ0v) is 13.1. The third-order valence-electron chi connectivity index (χ3n) is 3.76. The van der Waals surface area contributed by atoms with E-state index < -0.39 is 11.9 Å².